The molecule has 0 aromatic heterocycles. The first kappa shape index (κ1) is 34.4. The number of allylic oxidation sites excluding steroid dienone is 1. The lowest BCUT2D eigenvalue weighted by Crippen LogP contribution is -2.59. The molecule has 0 amide bonds. The lowest BCUT2D eigenvalue weighted by atomic mass is 9.72. The Morgan fingerprint density at radius 1 is 0.723 bits per heavy atom. The van der Waals surface area contributed by atoms with Crippen LogP contribution >= 0.6 is 0 Å². The van der Waals surface area contributed by atoms with Gasteiger partial charge in [-0.25, -0.2) is 0 Å². The summed E-state index contributed by atoms with van der Waals surface area (Å²) in [6, 6.07) is 21.7. The molecule has 3 heterocycles. The molecule has 6 heteroatoms. The second-order valence-corrected chi connectivity index (χ2v) is 17.4. The van der Waals surface area contributed by atoms with Crippen LogP contribution in [0.1, 0.15) is 112 Å². The van der Waals surface area contributed by atoms with E-state index in [-0.39, 0.29) is 45.4 Å². The highest BCUT2D eigenvalue weighted by Crippen LogP contribution is 2.57. The Morgan fingerprint density at radius 3 is 1.72 bits per heavy atom. The van der Waals surface area contributed by atoms with Crippen LogP contribution in [0.15, 0.2) is 78.4 Å². The molecule has 0 unspecified atom stereocenters. The van der Waals surface area contributed by atoms with Crippen LogP contribution < -0.4 is 5.01 Å². The molecule has 0 N–H and O–H groups in total. The second kappa shape index (κ2) is 12.7. The van der Waals surface area contributed by atoms with Crippen LogP contribution in [0.5, 0.6) is 0 Å². The maximum Gasteiger partial charge on any atom is 0.0768 e. The van der Waals surface area contributed by atoms with E-state index in [0.717, 1.165) is 49.9 Å². The van der Waals surface area contributed by atoms with E-state index in [0.29, 0.717) is 13.2 Å². The van der Waals surface area contributed by atoms with E-state index >= 15 is 0 Å². The molecule has 3 aliphatic heterocycles. The van der Waals surface area contributed by atoms with Gasteiger partial charge in [0.25, 0.3) is 0 Å². The molecular weight excluding hydrogens is 580 g/mol. The van der Waals surface area contributed by atoms with Crippen molar-refractivity contribution in [1.82, 2.24) is 10.1 Å². The first-order chi connectivity index (χ1) is 22.2. The van der Waals surface area contributed by atoms with E-state index in [4.69, 9.17) is 14.8 Å². The molecule has 0 spiro atoms. The van der Waals surface area contributed by atoms with Crippen molar-refractivity contribution < 1.29 is 9.68 Å². The number of piperidine rings is 2. The van der Waals surface area contributed by atoms with E-state index in [2.05, 4.69) is 144 Å². The van der Waals surface area contributed by atoms with E-state index in [9.17, 15) is 0 Å². The molecule has 2 saturated heterocycles. The van der Waals surface area contributed by atoms with Crippen LogP contribution in [0, 0.1) is 17.3 Å². The fourth-order valence-electron chi connectivity index (χ4n) is 10.0. The Morgan fingerprint density at radius 2 is 1.21 bits per heavy atom. The van der Waals surface area contributed by atoms with Crippen LogP contribution in [-0.4, -0.2) is 57.2 Å². The summed E-state index contributed by atoms with van der Waals surface area (Å²) in [6.45, 7) is 24.3. The first-order valence-corrected chi connectivity index (χ1v) is 18.2. The minimum Gasteiger partial charge on any atom is -0.298 e. The Balaban J connectivity index is 1.42. The Labute approximate surface area is 285 Å². The van der Waals surface area contributed by atoms with Gasteiger partial charge in [-0.3, -0.25) is 14.7 Å². The van der Waals surface area contributed by atoms with E-state index in [1.54, 1.807) is 0 Å². The highest BCUT2D eigenvalue weighted by atomic mass is 16.7. The van der Waals surface area contributed by atoms with E-state index < -0.39 is 0 Å². The summed E-state index contributed by atoms with van der Waals surface area (Å²) in [7, 11) is 0. The summed E-state index contributed by atoms with van der Waals surface area (Å²) in [5, 5.41) is 12.5. The molecule has 4 aliphatic rings. The van der Waals surface area contributed by atoms with Crippen LogP contribution in [0.4, 0.5) is 5.69 Å². The third kappa shape index (κ3) is 6.36. The molecule has 0 bridgehead atoms. The van der Waals surface area contributed by atoms with Crippen molar-refractivity contribution in [2.24, 2.45) is 22.4 Å². The van der Waals surface area contributed by atoms with Gasteiger partial charge < -0.3 is 0 Å². The van der Waals surface area contributed by atoms with Crippen molar-refractivity contribution in [3.8, 4) is 0 Å². The molecule has 3 fully saturated rings. The van der Waals surface area contributed by atoms with Gasteiger partial charge in [0, 0.05) is 33.5 Å². The molecule has 6 nitrogen and oxygen atoms in total. The predicted octanol–water partition coefficient (Wildman–Crippen LogP) is 9.43. The van der Waals surface area contributed by atoms with Crippen molar-refractivity contribution in [3.05, 3.63) is 78.9 Å². The summed E-state index contributed by atoms with van der Waals surface area (Å²) < 4.78 is 0. The van der Waals surface area contributed by atoms with Gasteiger partial charge in [-0.2, -0.15) is 15.2 Å². The Kier molecular flexibility index (Phi) is 9.32. The SMILES string of the molecule is C=CC[C@@]12C[C@@H](CON3C(C)(C)CCCC3(C)C)[C@@H](CON3C(C)(C)CCCC3(C)C)[C@@H]1N(c1ccccc1)N=C2c1ccccc1. The number of nitrogens with zero attached hydrogens (tertiary/aromatic N) is 4. The Bertz CT molecular complexity index is 1390. The van der Waals surface area contributed by atoms with Crippen molar-refractivity contribution in [2.45, 2.75) is 135 Å². The zero-order valence-electron chi connectivity index (χ0n) is 30.5. The van der Waals surface area contributed by atoms with Crippen molar-refractivity contribution >= 4 is 11.4 Å². The van der Waals surface area contributed by atoms with Gasteiger partial charge in [0.15, 0.2) is 0 Å². The highest BCUT2D eigenvalue weighted by molar-refractivity contribution is 6.08. The van der Waals surface area contributed by atoms with Crippen LogP contribution in [0.3, 0.4) is 0 Å². The number of hydrogen-bond donors (Lipinski definition) is 0. The molecule has 47 heavy (non-hydrogen) atoms. The predicted molar refractivity (Wildman–Crippen MR) is 194 cm³/mol. The first-order valence-electron chi connectivity index (χ1n) is 18.2. The van der Waals surface area contributed by atoms with Gasteiger partial charge in [0.2, 0.25) is 0 Å². The van der Waals surface area contributed by atoms with E-state index in [1.807, 2.05) is 0 Å². The van der Waals surface area contributed by atoms with Crippen LogP contribution in [0.25, 0.3) is 0 Å². The molecule has 1 aliphatic carbocycles. The smallest absolute Gasteiger partial charge is 0.0768 e. The lowest BCUT2D eigenvalue weighted by Gasteiger charge is -2.52. The topological polar surface area (TPSA) is 40.5 Å². The molecule has 0 radical (unpaired) electrons. The van der Waals surface area contributed by atoms with Crippen molar-refractivity contribution in [3.63, 3.8) is 0 Å². The average Bonchev–Trinajstić information content (AvgIpc) is 3.48. The van der Waals surface area contributed by atoms with E-state index in [1.165, 1.54) is 18.4 Å². The molecule has 2 aromatic carbocycles. The van der Waals surface area contributed by atoms with Crippen molar-refractivity contribution in [1.29, 1.82) is 0 Å². The maximum atomic E-state index is 7.12. The van der Waals surface area contributed by atoms with Gasteiger partial charge in [-0.15, -0.1) is 6.58 Å². The fraction of sp³-hybridized carbons (Fsp3) is 0.634. The fourth-order valence-corrected chi connectivity index (χ4v) is 10.0. The number of rotatable bonds is 10. The largest absolute Gasteiger partial charge is 0.298 e. The van der Waals surface area contributed by atoms with Gasteiger partial charge in [-0.1, -0.05) is 54.6 Å². The van der Waals surface area contributed by atoms with Gasteiger partial charge in [0.05, 0.1) is 30.7 Å². The summed E-state index contributed by atoms with van der Waals surface area (Å²) in [4.78, 5) is 14.2. The molecule has 1 saturated carbocycles. The van der Waals surface area contributed by atoms with Crippen LogP contribution in [-0.2, 0) is 9.68 Å². The standard InChI is InChI=1S/C41H60N4O2/c1-10-23-41-28-32(29-46-44-37(2,3)24-17-25-38(44,4)5)34(30-47-45-39(6,7)26-18-27-40(45,8)9)36(41)43(33-21-15-12-16-22-33)42-35(41)31-19-13-11-14-20-31/h10-16,19-22,32,34,36H,1,17-18,23-30H2,2-9H3/t32-,34+,36-,41-/m0/s1. The van der Waals surface area contributed by atoms with Gasteiger partial charge in [-0.05, 0) is 130 Å². The number of para-hydroxylation sites is 1. The molecular formula is C41H60N4O2. The maximum absolute atomic E-state index is 7.12. The summed E-state index contributed by atoms with van der Waals surface area (Å²) >= 11 is 0. The third-order valence-electron chi connectivity index (χ3n) is 11.9. The quantitative estimate of drug-likeness (QED) is 0.242. The number of benzene rings is 2. The number of hydroxylamine groups is 4. The number of fused-ring (bicyclic) bond motifs is 1. The van der Waals surface area contributed by atoms with Crippen molar-refractivity contribution in [2.75, 3.05) is 18.2 Å². The zero-order valence-corrected chi connectivity index (χ0v) is 30.5. The number of hydrazone groups is 1. The third-order valence-corrected chi connectivity index (χ3v) is 11.9. The minimum atomic E-state index is -0.221. The number of anilines is 1. The average molecular weight is 641 g/mol. The normalized spacial score (nSPS) is 31.4. The lowest BCUT2D eigenvalue weighted by molar-refractivity contribution is -0.298. The minimum absolute atomic E-state index is 0.0182. The number of hydrogen-bond acceptors (Lipinski definition) is 6. The van der Waals surface area contributed by atoms with Crippen LogP contribution in [0.2, 0.25) is 0 Å². The molecule has 6 rings (SSSR count). The summed E-state index contributed by atoms with van der Waals surface area (Å²) in [5.41, 5.74) is 3.15. The molecule has 2 aromatic rings. The summed E-state index contributed by atoms with van der Waals surface area (Å²) in [5.74, 6) is 0.453. The van der Waals surface area contributed by atoms with Gasteiger partial charge in [0.1, 0.15) is 0 Å². The van der Waals surface area contributed by atoms with Gasteiger partial charge >= 0.3 is 0 Å². The summed E-state index contributed by atoms with van der Waals surface area (Å²) in [6.07, 6.45) is 10.9. The molecule has 4 atom stereocenters. The Hall–Kier alpha value is -2.51. The zero-order chi connectivity index (χ0) is 33.7. The highest BCUT2D eigenvalue weighted by Gasteiger charge is 2.62. The monoisotopic (exact) mass is 640 g/mol. The second-order valence-electron chi connectivity index (χ2n) is 17.4. The molecule has 256 valence electrons.